The summed E-state index contributed by atoms with van der Waals surface area (Å²) in [4.78, 5) is 4.18. The maximum Gasteiger partial charge on any atom is 0.127 e. The van der Waals surface area contributed by atoms with E-state index in [1.807, 2.05) is 24.3 Å². The number of benzene rings is 1. The summed E-state index contributed by atoms with van der Waals surface area (Å²) in [5, 5.41) is 3.21. The number of ether oxygens (including phenoxy) is 2. The number of nitrogens with two attached hydrogens (primary N) is 1. The molecule has 5 heteroatoms. The van der Waals surface area contributed by atoms with Crippen LogP contribution in [0.25, 0.3) is 0 Å². The lowest BCUT2D eigenvalue weighted by Gasteiger charge is -2.11. The summed E-state index contributed by atoms with van der Waals surface area (Å²) in [6.07, 6.45) is 1.62. The fourth-order valence-electron chi connectivity index (χ4n) is 1.69. The second-order valence-corrected chi connectivity index (χ2v) is 4.01. The quantitative estimate of drug-likeness (QED) is 0.862. The van der Waals surface area contributed by atoms with E-state index < -0.39 is 0 Å². The summed E-state index contributed by atoms with van der Waals surface area (Å²) in [7, 11) is 3.27. The Hall–Kier alpha value is -2.43. The van der Waals surface area contributed by atoms with Crippen molar-refractivity contribution in [3.05, 3.63) is 42.1 Å². The zero-order valence-corrected chi connectivity index (χ0v) is 11.0. The van der Waals surface area contributed by atoms with Gasteiger partial charge in [-0.2, -0.15) is 0 Å². The zero-order valence-electron chi connectivity index (χ0n) is 11.0. The van der Waals surface area contributed by atoms with Crippen LogP contribution >= 0.6 is 0 Å². The molecule has 0 radical (unpaired) electrons. The predicted molar refractivity (Wildman–Crippen MR) is 75.5 cm³/mol. The molecule has 0 aliphatic carbocycles. The van der Waals surface area contributed by atoms with E-state index in [0.717, 1.165) is 22.9 Å². The second kappa shape index (κ2) is 5.95. The van der Waals surface area contributed by atoms with Crippen LogP contribution in [0.5, 0.6) is 11.5 Å². The number of nitrogens with zero attached hydrogens (tertiary/aromatic N) is 1. The molecule has 100 valence electrons. The van der Waals surface area contributed by atoms with E-state index in [0.29, 0.717) is 12.2 Å². The molecule has 1 aromatic heterocycles. The number of hydrogen-bond acceptors (Lipinski definition) is 5. The Bertz CT molecular complexity index is 541. The summed E-state index contributed by atoms with van der Waals surface area (Å²) in [5.74, 6) is 2.32. The van der Waals surface area contributed by atoms with Crippen LogP contribution < -0.4 is 20.5 Å². The normalized spacial score (nSPS) is 10.0. The van der Waals surface area contributed by atoms with Crippen molar-refractivity contribution < 1.29 is 9.47 Å². The van der Waals surface area contributed by atoms with Gasteiger partial charge >= 0.3 is 0 Å². The van der Waals surface area contributed by atoms with Crippen molar-refractivity contribution in [3.8, 4) is 11.5 Å². The Balaban J connectivity index is 2.08. The highest BCUT2D eigenvalue weighted by Gasteiger charge is 2.05. The molecule has 0 aliphatic heterocycles. The van der Waals surface area contributed by atoms with E-state index in [1.165, 1.54) is 0 Å². The molecular weight excluding hydrogens is 242 g/mol. The van der Waals surface area contributed by atoms with Gasteiger partial charge in [-0.15, -0.1) is 0 Å². The van der Waals surface area contributed by atoms with Crippen LogP contribution in [-0.4, -0.2) is 19.2 Å². The van der Waals surface area contributed by atoms with E-state index >= 15 is 0 Å². The number of aromatic nitrogens is 1. The topological polar surface area (TPSA) is 69.4 Å². The van der Waals surface area contributed by atoms with Gasteiger partial charge in [0, 0.05) is 18.2 Å². The van der Waals surface area contributed by atoms with Crippen molar-refractivity contribution in [2.75, 3.05) is 25.3 Å². The molecule has 0 spiro atoms. The summed E-state index contributed by atoms with van der Waals surface area (Å²) in [5.41, 5.74) is 7.26. The van der Waals surface area contributed by atoms with Crippen molar-refractivity contribution in [2.45, 2.75) is 6.54 Å². The van der Waals surface area contributed by atoms with Gasteiger partial charge in [0.05, 0.1) is 26.1 Å². The first-order valence-electron chi connectivity index (χ1n) is 5.89. The molecule has 0 saturated carbocycles. The van der Waals surface area contributed by atoms with Crippen LogP contribution in [0.4, 0.5) is 11.5 Å². The highest BCUT2D eigenvalue weighted by Crippen LogP contribution is 2.25. The minimum Gasteiger partial charge on any atom is -0.497 e. The van der Waals surface area contributed by atoms with E-state index in [1.54, 1.807) is 26.5 Å². The van der Waals surface area contributed by atoms with Gasteiger partial charge in [-0.3, -0.25) is 0 Å². The van der Waals surface area contributed by atoms with Gasteiger partial charge in [-0.1, -0.05) is 0 Å². The van der Waals surface area contributed by atoms with Gasteiger partial charge in [0.25, 0.3) is 0 Å². The predicted octanol–water partition coefficient (Wildman–Crippen LogP) is 2.29. The van der Waals surface area contributed by atoms with E-state index in [4.69, 9.17) is 15.2 Å². The fraction of sp³-hybridized carbons (Fsp3) is 0.214. The highest BCUT2D eigenvalue weighted by molar-refractivity contribution is 5.46. The van der Waals surface area contributed by atoms with Gasteiger partial charge in [0.2, 0.25) is 0 Å². The third-order valence-electron chi connectivity index (χ3n) is 2.74. The smallest absolute Gasteiger partial charge is 0.127 e. The maximum absolute atomic E-state index is 5.59. The lowest BCUT2D eigenvalue weighted by molar-refractivity contribution is 0.391. The summed E-state index contributed by atoms with van der Waals surface area (Å²) < 4.78 is 10.5. The monoisotopic (exact) mass is 259 g/mol. The number of rotatable bonds is 5. The lowest BCUT2D eigenvalue weighted by atomic mass is 10.2. The first-order valence-corrected chi connectivity index (χ1v) is 5.89. The maximum atomic E-state index is 5.59. The van der Waals surface area contributed by atoms with Gasteiger partial charge in [-0.05, 0) is 24.3 Å². The van der Waals surface area contributed by atoms with Crippen LogP contribution in [0.2, 0.25) is 0 Å². The van der Waals surface area contributed by atoms with Crippen molar-refractivity contribution in [1.82, 2.24) is 4.98 Å². The SMILES string of the molecule is COc1ccc(CNc2ccc(N)cn2)c(OC)c1. The molecule has 0 aliphatic rings. The van der Waals surface area contributed by atoms with Crippen molar-refractivity contribution in [3.63, 3.8) is 0 Å². The largest absolute Gasteiger partial charge is 0.497 e. The molecule has 0 amide bonds. The van der Waals surface area contributed by atoms with Crippen LogP contribution in [0, 0.1) is 0 Å². The van der Waals surface area contributed by atoms with Crippen molar-refractivity contribution >= 4 is 11.5 Å². The second-order valence-electron chi connectivity index (χ2n) is 4.01. The molecule has 2 aromatic rings. The van der Waals surface area contributed by atoms with Crippen LogP contribution in [-0.2, 0) is 6.54 Å². The third kappa shape index (κ3) is 3.28. The lowest BCUT2D eigenvalue weighted by Crippen LogP contribution is -2.03. The van der Waals surface area contributed by atoms with Crippen LogP contribution in [0.15, 0.2) is 36.5 Å². The number of anilines is 2. The van der Waals surface area contributed by atoms with E-state index in [-0.39, 0.29) is 0 Å². The molecular formula is C14H17N3O2. The third-order valence-corrected chi connectivity index (χ3v) is 2.74. The molecule has 19 heavy (non-hydrogen) atoms. The average molecular weight is 259 g/mol. The molecule has 5 nitrogen and oxygen atoms in total. The molecule has 0 saturated heterocycles. The first kappa shape index (κ1) is 13.0. The molecule has 1 heterocycles. The molecule has 3 N–H and O–H groups in total. The Kier molecular flexibility index (Phi) is 4.07. The van der Waals surface area contributed by atoms with Crippen molar-refractivity contribution in [2.24, 2.45) is 0 Å². The minimum absolute atomic E-state index is 0.615. The van der Waals surface area contributed by atoms with Crippen LogP contribution in [0.1, 0.15) is 5.56 Å². The van der Waals surface area contributed by atoms with Gasteiger partial charge in [0.15, 0.2) is 0 Å². The Morgan fingerprint density at radius 2 is 2.00 bits per heavy atom. The zero-order chi connectivity index (χ0) is 13.7. The van der Waals surface area contributed by atoms with Gasteiger partial charge in [0.1, 0.15) is 17.3 Å². The average Bonchev–Trinajstić information content (AvgIpc) is 2.46. The standard InChI is InChI=1S/C14H17N3O2/c1-18-12-5-3-10(13(7-12)19-2)8-16-14-6-4-11(15)9-17-14/h3-7,9H,8,15H2,1-2H3,(H,16,17). The van der Waals surface area contributed by atoms with E-state index in [9.17, 15) is 0 Å². The number of pyridine rings is 1. The molecule has 2 rings (SSSR count). The van der Waals surface area contributed by atoms with Gasteiger partial charge < -0.3 is 20.5 Å². The Labute approximate surface area is 112 Å². The number of nitrogen functional groups attached to an aromatic ring is 1. The van der Waals surface area contributed by atoms with Crippen molar-refractivity contribution in [1.29, 1.82) is 0 Å². The molecule has 0 fully saturated rings. The summed E-state index contributed by atoms with van der Waals surface area (Å²) in [6.45, 7) is 0.615. The molecule has 0 atom stereocenters. The summed E-state index contributed by atoms with van der Waals surface area (Å²) >= 11 is 0. The Morgan fingerprint density at radius 3 is 2.63 bits per heavy atom. The van der Waals surface area contributed by atoms with Crippen LogP contribution in [0.3, 0.4) is 0 Å². The number of nitrogens with one attached hydrogen (secondary N) is 1. The fourth-order valence-corrected chi connectivity index (χ4v) is 1.69. The molecule has 1 aromatic carbocycles. The minimum atomic E-state index is 0.615. The number of hydrogen-bond donors (Lipinski definition) is 2. The first-order chi connectivity index (χ1) is 9.22. The Morgan fingerprint density at radius 1 is 1.16 bits per heavy atom. The molecule has 0 unspecified atom stereocenters. The highest BCUT2D eigenvalue weighted by atomic mass is 16.5. The summed E-state index contributed by atoms with van der Waals surface area (Å²) in [6, 6.07) is 9.36. The number of methoxy groups -OCH3 is 2. The van der Waals surface area contributed by atoms with Gasteiger partial charge in [-0.25, -0.2) is 4.98 Å². The molecule has 0 bridgehead atoms. The van der Waals surface area contributed by atoms with E-state index in [2.05, 4.69) is 10.3 Å².